The summed E-state index contributed by atoms with van der Waals surface area (Å²) in [6.07, 6.45) is 3.59. The third-order valence-corrected chi connectivity index (χ3v) is 7.23. The molecule has 1 amide bonds. The number of carbonyl (C=O) groups excluding carboxylic acids is 1. The first-order valence-electron chi connectivity index (χ1n) is 12.5. The molecule has 0 fully saturated rings. The van der Waals surface area contributed by atoms with Gasteiger partial charge in [0.05, 0.1) is 41.5 Å². The smallest absolute Gasteiger partial charge is 0.348 e. The van der Waals surface area contributed by atoms with E-state index in [9.17, 15) is 18.0 Å². The predicted molar refractivity (Wildman–Crippen MR) is 160 cm³/mol. The third-order valence-electron chi connectivity index (χ3n) is 6.21. The van der Waals surface area contributed by atoms with Gasteiger partial charge in [0.25, 0.3) is 0 Å². The molecule has 0 aliphatic heterocycles. The van der Waals surface area contributed by atoms with Crippen LogP contribution in [0.2, 0.25) is 0 Å². The van der Waals surface area contributed by atoms with Crippen LogP contribution in [0, 0.1) is 0 Å². The van der Waals surface area contributed by atoms with Crippen molar-refractivity contribution in [2.45, 2.75) is 0 Å². The summed E-state index contributed by atoms with van der Waals surface area (Å²) in [7, 11) is 3.48. The summed E-state index contributed by atoms with van der Waals surface area (Å²) >= 11 is 0. The van der Waals surface area contributed by atoms with Gasteiger partial charge in [-0.15, -0.1) is 0 Å². The van der Waals surface area contributed by atoms with Crippen molar-refractivity contribution in [2.24, 2.45) is 0 Å². The van der Waals surface area contributed by atoms with Crippen LogP contribution >= 0.6 is 0 Å². The highest BCUT2D eigenvalue weighted by Crippen LogP contribution is 2.38. The van der Waals surface area contributed by atoms with Gasteiger partial charge in [0.1, 0.15) is 11.6 Å². The predicted octanol–water partition coefficient (Wildman–Crippen LogP) is 2.26. The first-order valence-corrected chi connectivity index (χ1v) is 14.3. The molecule has 2 aromatic carbocycles. The maximum atomic E-state index is 13.3. The second-order valence-electron chi connectivity index (χ2n) is 9.49. The van der Waals surface area contributed by atoms with Crippen molar-refractivity contribution >= 4 is 50.0 Å². The largest absolute Gasteiger partial charge is 0.494 e. The Hall–Kier alpha value is -4.69. The zero-order chi connectivity index (χ0) is 29.9. The number of fused-ring (bicyclic) bond motifs is 1. The Kier molecular flexibility index (Phi) is 8.44. The average molecular weight is 581 g/mol. The molecule has 2 heterocycles. The third kappa shape index (κ3) is 6.23. The normalized spacial score (nSPS) is 11.5. The average Bonchev–Trinajstić information content (AvgIpc) is 3.24. The topological polar surface area (TPSA) is 144 Å². The first kappa shape index (κ1) is 29.3. The van der Waals surface area contributed by atoms with Gasteiger partial charge in [-0.05, 0) is 38.4 Å². The van der Waals surface area contributed by atoms with Crippen molar-refractivity contribution in [2.75, 3.05) is 63.1 Å². The zero-order valence-electron chi connectivity index (χ0n) is 23.5. The monoisotopic (exact) mass is 580 g/mol. The van der Waals surface area contributed by atoms with Crippen LogP contribution in [0.5, 0.6) is 5.75 Å². The standard InChI is InChI=1S/C27H32N8O5S/c1-7-25(36)29-18-16-19(23(40-5)17-22(18)33(4)15-14-32(2)3)30-26-28-13-12-24(31-26)34-20-10-8-9-11-21(20)35(27(34)37)41(6,38)39/h7-13,16-17H,1,14-15H2,2-6H3,(H,29,36)(H,28,30,31). The number of rotatable bonds is 11. The molecule has 2 aromatic heterocycles. The molecule has 41 heavy (non-hydrogen) atoms. The maximum absolute atomic E-state index is 13.3. The van der Waals surface area contributed by atoms with E-state index < -0.39 is 15.7 Å². The molecular formula is C27H32N8O5S. The second kappa shape index (κ2) is 11.8. The number of methoxy groups -OCH3 is 1. The minimum Gasteiger partial charge on any atom is -0.494 e. The van der Waals surface area contributed by atoms with Gasteiger partial charge >= 0.3 is 5.69 Å². The number of aromatic nitrogens is 4. The van der Waals surface area contributed by atoms with E-state index in [-0.39, 0.29) is 23.2 Å². The maximum Gasteiger partial charge on any atom is 0.348 e. The minimum absolute atomic E-state index is 0.110. The molecule has 0 unspecified atom stereocenters. The number of nitrogens with zero attached hydrogens (tertiary/aromatic N) is 6. The van der Waals surface area contributed by atoms with Crippen LogP contribution in [-0.2, 0) is 14.8 Å². The lowest BCUT2D eigenvalue weighted by Gasteiger charge is -2.26. The molecule has 0 saturated carbocycles. The molecule has 0 atom stereocenters. The number of anilines is 4. The number of ether oxygens (including phenoxy) is 1. The number of hydrogen-bond acceptors (Lipinski definition) is 10. The van der Waals surface area contributed by atoms with E-state index in [1.54, 1.807) is 36.4 Å². The highest BCUT2D eigenvalue weighted by molar-refractivity contribution is 7.89. The molecule has 13 nitrogen and oxygen atoms in total. The SMILES string of the molecule is C=CC(=O)Nc1cc(Nc2nccc(-n3c(=O)n(S(C)(=O)=O)c4ccccc43)n2)c(OC)cc1N(C)CCN(C)C. The van der Waals surface area contributed by atoms with Gasteiger partial charge in [-0.1, -0.05) is 18.7 Å². The van der Waals surface area contributed by atoms with Crippen molar-refractivity contribution in [1.82, 2.24) is 23.4 Å². The van der Waals surface area contributed by atoms with E-state index in [1.807, 2.05) is 26.0 Å². The van der Waals surface area contributed by atoms with Crippen molar-refractivity contribution < 1.29 is 17.9 Å². The molecule has 0 spiro atoms. The first-order chi connectivity index (χ1) is 19.4. The fourth-order valence-corrected chi connectivity index (χ4v) is 5.10. The van der Waals surface area contributed by atoms with Crippen LogP contribution < -0.4 is 26.0 Å². The zero-order valence-corrected chi connectivity index (χ0v) is 24.3. The van der Waals surface area contributed by atoms with E-state index in [4.69, 9.17) is 4.74 Å². The van der Waals surface area contributed by atoms with E-state index in [0.717, 1.165) is 22.5 Å². The molecule has 14 heteroatoms. The summed E-state index contributed by atoms with van der Waals surface area (Å²) in [5.41, 5.74) is 1.48. The highest BCUT2D eigenvalue weighted by Gasteiger charge is 2.22. The van der Waals surface area contributed by atoms with Gasteiger partial charge in [-0.3, -0.25) is 4.79 Å². The van der Waals surface area contributed by atoms with Gasteiger partial charge in [0, 0.05) is 38.5 Å². The summed E-state index contributed by atoms with van der Waals surface area (Å²) in [5, 5.41) is 5.93. The van der Waals surface area contributed by atoms with Crippen LogP contribution in [0.1, 0.15) is 0 Å². The molecule has 4 aromatic rings. The Balaban J connectivity index is 1.79. The molecule has 0 aliphatic rings. The van der Waals surface area contributed by atoms with Crippen LogP contribution in [0.15, 0.2) is 66.1 Å². The number of benzene rings is 2. The molecular weight excluding hydrogens is 548 g/mol. The number of hydrogen-bond donors (Lipinski definition) is 2. The molecule has 0 radical (unpaired) electrons. The lowest BCUT2D eigenvalue weighted by Crippen LogP contribution is -2.29. The Labute approximate surface area is 237 Å². The van der Waals surface area contributed by atoms with Crippen molar-refractivity contribution in [3.05, 3.63) is 71.8 Å². The number of likely N-dealkylation sites (N-methyl/N-ethyl adjacent to an activating group) is 2. The Morgan fingerprint density at radius 2 is 1.80 bits per heavy atom. The van der Waals surface area contributed by atoms with E-state index >= 15 is 0 Å². The van der Waals surface area contributed by atoms with Gasteiger partial charge < -0.3 is 25.2 Å². The molecule has 0 saturated heterocycles. The molecule has 0 aliphatic carbocycles. The lowest BCUT2D eigenvalue weighted by molar-refractivity contribution is -0.111. The van der Waals surface area contributed by atoms with Gasteiger partial charge in [0.2, 0.25) is 21.9 Å². The van der Waals surface area contributed by atoms with Gasteiger partial charge in [0.15, 0.2) is 0 Å². The minimum atomic E-state index is -3.89. The van der Waals surface area contributed by atoms with Crippen molar-refractivity contribution in [3.63, 3.8) is 0 Å². The van der Waals surface area contributed by atoms with Gasteiger partial charge in [-0.2, -0.15) is 8.96 Å². The summed E-state index contributed by atoms with van der Waals surface area (Å²) in [6, 6.07) is 11.5. The van der Waals surface area contributed by atoms with Crippen LogP contribution in [0.25, 0.3) is 16.9 Å². The van der Waals surface area contributed by atoms with Crippen molar-refractivity contribution in [3.8, 4) is 11.6 Å². The van der Waals surface area contributed by atoms with E-state index in [1.165, 1.54) is 30.0 Å². The molecule has 2 N–H and O–H groups in total. The Bertz CT molecular complexity index is 1780. The summed E-state index contributed by atoms with van der Waals surface area (Å²) in [5.74, 6) is 0.334. The number of imidazole rings is 1. The number of carbonyl (C=O) groups is 1. The molecule has 0 bridgehead atoms. The lowest BCUT2D eigenvalue weighted by atomic mass is 10.2. The summed E-state index contributed by atoms with van der Waals surface area (Å²) in [6.45, 7) is 5.00. The highest BCUT2D eigenvalue weighted by atomic mass is 32.2. The molecule has 216 valence electrons. The number of nitrogens with one attached hydrogen (secondary N) is 2. The summed E-state index contributed by atoms with van der Waals surface area (Å²) in [4.78, 5) is 38.3. The Morgan fingerprint density at radius 3 is 2.44 bits per heavy atom. The van der Waals surface area contributed by atoms with E-state index in [2.05, 4.69) is 32.1 Å². The van der Waals surface area contributed by atoms with Crippen LogP contribution in [-0.4, -0.2) is 85.3 Å². The fraction of sp³-hybridized carbons (Fsp3) is 0.259. The van der Waals surface area contributed by atoms with Gasteiger partial charge in [-0.25, -0.2) is 22.8 Å². The fourth-order valence-electron chi connectivity index (χ4n) is 4.22. The quantitative estimate of drug-likeness (QED) is 0.254. The van der Waals surface area contributed by atoms with Crippen molar-refractivity contribution in [1.29, 1.82) is 0 Å². The van der Waals surface area contributed by atoms with Crippen LogP contribution in [0.3, 0.4) is 0 Å². The summed E-state index contributed by atoms with van der Waals surface area (Å²) < 4.78 is 32.4. The van der Waals surface area contributed by atoms with E-state index in [0.29, 0.717) is 29.2 Å². The molecule has 4 rings (SSSR count). The Morgan fingerprint density at radius 1 is 1.10 bits per heavy atom. The number of amides is 1. The number of para-hydroxylation sites is 2. The van der Waals surface area contributed by atoms with Crippen LogP contribution in [0.4, 0.5) is 23.0 Å². The second-order valence-corrected chi connectivity index (χ2v) is 11.3.